The van der Waals surface area contributed by atoms with E-state index in [0.29, 0.717) is 18.8 Å². The first-order valence-corrected chi connectivity index (χ1v) is 41.4. The molecule has 8 aliphatic heterocycles. The Morgan fingerprint density at radius 3 is 1.98 bits per heavy atom. The minimum absolute atomic E-state index is 0.0388. The van der Waals surface area contributed by atoms with Crippen molar-refractivity contribution in [3.05, 3.63) is 153 Å². The SMILES string of the molecule is CCOc1ccc(/C=C/C(=O)NC2CCN(CCN[C@@]3(C)CC(OC4C(Oc5c6cc7cc5Oc5ccc(cc5Cl)C(O)C5NC(=O)C(NC(=O)C7NC(=O)C(CC(N)=O)NC(=O)C(NC(=O)C(CC(C)C)NC)C(O)c7ccc(c(Cl)c7)O6)c6ccc(O)c(c6)-c6c(O)cc(O)cc6[C@H](C(=O)NNC(N)=O)NC5=O)OC(CO)C(O)C4O)OC(C)C3O)C(=O)N2)cc1. The molecule has 3 fully saturated rings. The van der Waals surface area contributed by atoms with Crippen molar-refractivity contribution >= 4 is 94.5 Å². The number of hydrogen-bond acceptors (Lipinski definition) is 29. The lowest BCUT2D eigenvalue weighted by molar-refractivity contribution is -0.334. The normalized spacial score (nSPS) is 26.9. The fourth-order valence-electron chi connectivity index (χ4n) is 15.6. The number of halogens is 2. The maximum absolute atomic E-state index is 16.3. The van der Waals surface area contributed by atoms with E-state index in [1.165, 1.54) is 37.1 Å². The maximum Gasteiger partial charge on any atom is 0.330 e. The number of nitrogens with one attached hydrogen (secondary N) is 12. The van der Waals surface area contributed by atoms with Crippen LogP contribution in [0, 0.1) is 5.92 Å². The van der Waals surface area contributed by atoms with Crippen LogP contribution < -0.4 is 94.4 Å². The number of aliphatic hydroxyl groups excluding tert-OH is 6. The fraction of sp³-hybridized carbons (Fsp3) is 0.417. The molecule has 0 saturated carbocycles. The number of benzene rings is 6. The van der Waals surface area contributed by atoms with Crippen LogP contribution in [0.5, 0.6) is 51.7 Å². The van der Waals surface area contributed by atoms with Gasteiger partial charge in [0.1, 0.15) is 107 Å². The maximum atomic E-state index is 16.3. The van der Waals surface area contributed by atoms with E-state index in [0.717, 1.165) is 72.3 Å². The topological polar surface area (TPSA) is 634 Å². The standard InChI is InChI=1S/C84H99Cl2N15O27/c1-7-122-43-14-8-37(9-15-43)10-19-59(107)92-58-20-22-101(83(121)93-58)23-21-90-84(5)33-60(123-36(4)73(84)112)127-72-70(111)69(110)56(34-102)126-81(72)128-71-54-28-41-29-55(71)125-53-18-13-40(27-47(53)86)68(109)66-79(118)96-64(80(119)99-100-82(88)120)45-30-42(103)31-51(105)61(45)44-25-38(11-16-50(44)104)62(76(115)98-66)95-77(116)63(41)94-75(114)49(32-57(87)106)91-78(117)65(97-74(113)48(89-6)24-35(2)3)67(108)39-12-17-52(124-54)46(85)26-39/h8-19,25-31,35-36,48-49,56,58,60,62-70,72-73,81,89-90,102-105,108-112H,7,20-24,32-34H2,1-6H3,(H2,87,106)(H,91,117)(H,92,107)(H,93,121)(H,94,114)(H,95,116)(H,96,118)(H,97,113)(H,98,115)(H,99,119)(H3,88,100,120)/b19-10+/t36?,48?,49?,56?,58?,60?,62?,63?,64-,65?,66?,67?,68?,69?,70?,72?,73?,81?,84+/m1/s1. The van der Waals surface area contributed by atoms with Crippen molar-refractivity contribution in [3.8, 4) is 62.9 Å². The van der Waals surface area contributed by atoms with Gasteiger partial charge in [0.15, 0.2) is 23.9 Å². The van der Waals surface area contributed by atoms with Gasteiger partial charge in [-0.3, -0.25) is 48.6 Å². The minimum Gasteiger partial charge on any atom is -0.508 e. The fourth-order valence-corrected chi connectivity index (χ4v) is 16.0. The number of fused-ring (bicyclic) bond motifs is 15. The molecule has 0 radical (unpaired) electrons. The smallest absolute Gasteiger partial charge is 0.330 e. The quantitative estimate of drug-likeness (QED) is 0.0321. The van der Waals surface area contributed by atoms with Crippen LogP contribution in [-0.2, 0) is 57.4 Å². The van der Waals surface area contributed by atoms with E-state index in [2.05, 4.69) is 53.2 Å². The van der Waals surface area contributed by atoms with Crippen molar-refractivity contribution in [1.82, 2.24) is 68.9 Å². The molecule has 8 aliphatic rings. The number of phenolic OH excluding ortho intramolecular Hbond substituents is 3. The summed E-state index contributed by atoms with van der Waals surface area (Å²) >= 11 is 14.4. The van der Waals surface area contributed by atoms with E-state index in [1.807, 2.05) is 31.6 Å². The molecular formula is C84H99Cl2N15O27. The zero-order valence-corrected chi connectivity index (χ0v) is 71.0. The van der Waals surface area contributed by atoms with E-state index >= 15 is 24.0 Å². The highest BCUT2D eigenvalue weighted by molar-refractivity contribution is 6.32. The molecule has 128 heavy (non-hydrogen) atoms. The van der Waals surface area contributed by atoms with Crippen LogP contribution in [0.25, 0.3) is 17.2 Å². The second kappa shape index (κ2) is 40.7. The summed E-state index contributed by atoms with van der Waals surface area (Å²) in [7, 11) is 1.46. The lowest BCUT2D eigenvalue weighted by Gasteiger charge is -2.48. The van der Waals surface area contributed by atoms with Gasteiger partial charge in [0, 0.05) is 61.3 Å². The third-order valence-electron chi connectivity index (χ3n) is 22.2. The molecule has 19 atom stereocenters. The summed E-state index contributed by atoms with van der Waals surface area (Å²) < 4.78 is 44.9. The summed E-state index contributed by atoms with van der Waals surface area (Å²) in [4.78, 5) is 160. The molecule has 13 amide bonds. The van der Waals surface area contributed by atoms with Crippen molar-refractivity contribution in [2.24, 2.45) is 17.4 Å². The number of phenols is 3. The number of aromatic hydroxyl groups is 3. The molecule has 0 spiro atoms. The molecule has 686 valence electrons. The highest BCUT2D eigenvalue weighted by Crippen LogP contribution is 2.50. The Labute approximate surface area is 740 Å². The minimum atomic E-state index is -2.41. The molecule has 44 heteroatoms. The molecule has 6 aromatic rings. The van der Waals surface area contributed by atoms with E-state index in [-0.39, 0.29) is 55.3 Å². The van der Waals surface area contributed by atoms with Crippen LogP contribution in [0.1, 0.15) is 124 Å². The summed E-state index contributed by atoms with van der Waals surface area (Å²) in [6.07, 6.45) is -17.0. The summed E-state index contributed by atoms with van der Waals surface area (Å²) in [6.45, 7) is 8.37. The monoisotopic (exact) mass is 1820 g/mol. The summed E-state index contributed by atoms with van der Waals surface area (Å²) in [5.41, 5.74) is 11.3. The van der Waals surface area contributed by atoms with Crippen molar-refractivity contribution in [2.45, 2.75) is 176 Å². The molecule has 0 aromatic heterocycles. The highest BCUT2D eigenvalue weighted by atomic mass is 35.5. The van der Waals surface area contributed by atoms with Gasteiger partial charge in [-0.2, -0.15) is 0 Å². The van der Waals surface area contributed by atoms with Gasteiger partial charge >= 0.3 is 12.1 Å². The number of carbonyl (C=O) groups is 11. The third-order valence-corrected chi connectivity index (χ3v) is 22.8. The van der Waals surface area contributed by atoms with Gasteiger partial charge in [0.25, 0.3) is 5.91 Å². The van der Waals surface area contributed by atoms with Crippen molar-refractivity contribution < 1.29 is 132 Å². The first-order chi connectivity index (χ1) is 60.8. The number of aliphatic hydroxyl groups is 6. The zero-order valence-electron chi connectivity index (χ0n) is 69.5. The predicted molar refractivity (Wildman–Crippen MR) is 450 cm³/mol. The first-order valence-electron chi connectivity index (χ1n) is 40.6. The number of amides is 13. The number of nitrogens with zero attached hydrogens (tertiary/aromatic N) is 1. The van der Waals surface area contributed by atoms with Gasteiger partial charge in [-0.15, -0.1) is 0 Å². The number of likely N-dealkylation sites (N-methyl/N-ethyl adjacent to an activating group) is 1. The summed E-state index contributed by atoms with van der Waals surface area (Å²) in [5, 5.41) is 132. The predicted octanol–water partition coefficient (Wildman–Crippen LogP) is 0.322. The van der Waals surface area contributed by atoms with Gasteiger partial charge < -0.3 is 149 Å². The second-order valence-corrected chi connectivity index (χ2v) is 32.6. The first kappa shape index (κ1) is 94.7. The van der Waals surface area contributed by atoms with Crippen LogP contribution in [0.3, 0.4) is 0 Å². The lowest BCUT2D eigenvalue weighted by atomic mass is 9.85. The Bertz CT molecular complexity index is 5250. The second-order valence-electron chi connectivity index (χ2n) is 31.8. The van der Waals surface area contributed by atoms with Crippen LogP contribution in [-0.4, -0.2) is 241 Å². The Morgan fingerprint density at radius 1 is 0.703 bits per heavy atom. The Hall–Kier alpha value is -12.4. The van der Waals surface area contributed by atoms with Crippen molar-refractivity contribution in [2.75, 3.05) is 39.9 Å². The Balaban J connectivity index is 0.971. The molecule has 17 unspecified atom stereocenters. The van der Waals surface area contributed by atoms with Crippen molar-refractivity contribution in [1.29, 1.82) is 0 Å². The molecule has 25 N–H and O–H groups in total. The molecule has 14 rings (SSSR count). The number of rotatable bonds is 22. The Morgan fingerprint density at radius 2 is 1.35 bits per heavy atom. The van der Waals surface area contributed by atoms with Crippen LogP contribution in [0.15, 0.2) is 109 Å². The Kier molecular flexibility index (Phi) is 30.1. The van der Waals surface area contributed by atoms with Gasteiger partial charge in [-0.25, -0.2) is 15.0 Å². The van der Waals surface area contributed by atoms with Crippen LogP contribution >= 0.6 is 23.2 Å². The molecule has 42 nitrogen and oxygen atoms in total. The summed E-state index contributed by atoms with van der Waals surface area (Å²) in [6, 6.07) is 4.15. The lowest BCUT2D eigenvalue weighted by Crippen LogP contribution is -2.66. The van der Waals surface area contributed by atoms with E-state index in [1.54, 1.807) is 37.3 Å². The number of hydrogen-bond donors (Lipinski definition) is 23. The average molecular weight is 1820 g/mol. The van der Waals surface area contributed by atoms with Gasteiger partial charge in [-0.1, -0.05) is 67.4 Å². The molecular weight excluding hydrogens is 1720 g/mol. The molecule has 11 bridgehead atoms. The van der Waals surface area contributed by atoms with Crippen LogP contribution in [0.4, 0.5) is 9.59 Å². The number of primary amides is 2. The molecule has 3 saturated heterocycles. The number of nitrogens with two attached hydrogens (primary N) is 2. The summed E-state index contributed by atoms with van der Waals surface area (Å²) in [5.74, 6) is -15.9. The van der Waals surface area contributed by atoms with Gasteiger partial charge in [-0.05, 0) is 146 Å². The highest BCUT2D eigenvalue weighted by Gasteiger charge is 2.53. The average Bonchev–Trinajstić information content (AvgIpc) is 0.761. The molecule has 0 aliphatic carbocycles. The number of carbonyl (C=O) groups excluding carboxylic acids is 11. The number of urea groups is 2. The van der Waals surface area contributed by atoms with E-state index < -0.39 is 272 Å². The van der Waals surface area contributed by atoms with E-state index in [9.17, 15) is 74.7 Å². The van der Waals surface area contributed by atoms with Gasteiger partial charge in [0.05, 0.1) is 47.9 Å². The van der Waals surface area contributed by atoms with Crippen LogP contribution in [0.2, 0.25) is 10.0 Å². The van der Waals surface area contributed by atoms with Crippen molar-refractivity contribution in [3.63, 3.8) is 0 Å². The molecule has 8 heterocycles. The third kappa shape index (κ3) is 21.9. The zero-order chi connectivity index (χ0) is 92.6. The molecule has 6 aromatic carbocycles. The number of ether oxygens (including phenoxy) is 7. The number of hydrazine groups is 1. The van der Waals surface area contributed by atoms with E-state index in [4.69, 9.17) is 67.8 Å². The largest absolute Gasteiger partial charge is 0.508 e. The van der Waals surface area contributed by atoms with Gasteiger partial charge in [0.2, 0.25) is 59.3 Å².